The molecule has 0 bridgehead atoms. The van der Waals surface area contributed by atoms with Gasteiger partial charge in [-0.1, -0.05) is 13.8 Å². The molecule has 0 heterocycles. The monoisotopic (exact) mass is 378 g/mol. The molecule has 0 aliphatic carbocycles. The molecule has 1 aromatic carbocycles. The molecule has 0 aromatic heterocycles. The summed E-state index contributed by atoms with van der Waals surface area (Å²) in [6.07, 6.45) is 0.965. The number of carbonyl (C=O) groups excluding carboxylic acids is 1. The molecule has 0 spiro atoms. The average molecular weight is 378 g/mol. The van der Waals surface area contributed by atoms with Crippen LogP contribution in [0.1, 0.15) is 27.2 Å². The first kappa shape index (κ1) is 16.2. The smallest absolute Gasteiger partial charge is 0.242 e. The molecule has 0 saturated heterocycles. The van der Waals surface area contributed by atoms with Crippen molar-refractivity contribution in [2.24, 2.45) is 5.92 Å². The topological polar surface area (TPSA) is 41.1 Å². The lowest BCUT2D eigenvalue weighted by atomic mass is 10.1. The molecular weight excluding hydrogens is 358 g/mol. The van der Waals surface area contributed by atoms with Crippen molar-refractivity contribution >= 4 is 34.2 Å². The van der Waals surface area contributed by atoms with Crippen LogP contribution in [0.5, 0.6) is 0 Å². The molecule has 1 aromatic rings. The number of hydrogen-bond acceptors (Lipinski definition) is 2. The molecule has 0 saturated carbocycles. The predicted molar refractivity (Wildman–Crippen MR) is 84.7 cm³/mol. The molecule has 106 valence electrons. The molecule has 1 atom stereocenters. The van der Waals surface area contributed by atoms with E-state index < -0.39 is 0 Å². The fraction of sp³-hybridized carbons (Fsp3) is 0.500. The van der Waals surface area contributed by atoms with Gasteiger partial charge in [-0.25, -0.2) is 4.39 Å². The van der Waals surface area contributed by atoms with E-state index in [4.69, 9.17) is 0 Å². The van der Waals surface area contributed by atoms with Crippen LogP contribution in [0.3, 0.4) is 0 Å². The number of nitrogens with one attached hydrogen (secondary N) is 2. The van der Waals surface area contributed by atoms with Crippen molar-refractivity contribution in [1.29, 1.82) is 0 Å². The third kappa shape index (κ3) is 5.76. The van der Waals surface area contributed by atoms with E-state index in [1.54, 1.807) is 13.0 Å². The van der Waals surface area contributed by atoms with Gasteiger partial charge in [0.2, 0.25) is 5.91 Å². The molecule has 1 rings (SSSR count). The van der Waals surface area contributed by atoms with Gasteiger partial charge in [0.05, 0.1) is 0 Å². The number of amides is 1. The highest BCUT2D eigenvalue weighted by atomic mass is 127. The Hall–Kier alpha value is -0.850. The Bertz CT molecular complexity index is 437. The van der Waals surface area contributed by atoms with Crippen LogP contribution in [0.4, 0.5) is 10.1 Å². The molecule has 3 nitrogen and oxygen atoms in total. The summed E-state index contributed by atoms with van der Waals surface area (Å²) in [7, 11) is 0. The molecule has 1 amide bonds. The number of hydrogen-bond donors (Lipinski definition) is 2. The maximum atomic E-state index is 13.0. The Labute approximate surface area is 127 Å². The highest BCUT2D eigenvalue weighted by Crippen LogP contribution is 2.19. The predicted octanol–water partition coefficient (Wildman–Crippen LogP) is 3.39. The minimum Gasteiger partial charge on any atom is -0.373 e. The highest BCUT2D eigenvalue weighted by Gasteiger charge is 2.13. The normalized spacial score (nSPS) is 12.3. The first-order chi connectivity index (χ1) is 8.90. The molecule has 0 radical (unpaired) electrons. The number of anilines is 1. The number of carbonyl (C=O) groups is 1. The molecule has 19 heavy (non-hydrogen) atoms. The molecular formula is C14H20FIN2O. The molecule has 5 heteroatoms. The number of rotatable bonds is 6. The van der Waals surface area contributed by atoms with Crippen LogP contribution in [0.2, 0.25) is 0 Å². The first-order valence-corrected chi connectivity index (χ1v) is 7.47. The van der Waals surface area contributed by atoms with Gasteiger partial charge in [0, 0.05) is 15.8 Å². The molecule has 0 aliphatic heterocycles. The lowest BCUT2D eigenvalue weighted by Crippen LogP contribution is -2.38. The fourth-order valence-electron chi connectivity index (χ4n) is 1.54. The zero-order chi connectivity index (χ0) is 14.4. The van der Waals surface area contributed by atoms with Crippen molar-refractivity contribution in [3.8, 4) is 0 Å². The maximum absolute atomic E-state index is 13.0. The Morgan fingerprint density at radius 3 is 2.63 bits per heavy atom. The summed E-state index contributed by atoms with van der Waals surface area (Å²) in [5, 5.41) is 5.98. The van der Waals surface area contributed by atoms with Gasteiger partial charge in [0.1, 0.15) is 11.9 Å². The van der Waals surface area contributed by atoms with E-state index in [0.29, 0.717) is 12.5 Å². The van der Waals surface area contributed by atoms with Gasteiger partial charge >= 0.3 is 0 Å². The zero-order valence-electron chi connectivity index (χ0n) is 11.5. The second-order valence-corrected chi connectivity index (χ2v) is 6.13. The van der Waals surface area contributed by atoms with E-state index in [1.807, 2.05) is 22.6 Å². The summed E-state index contributed by atoms with van der Waals surface area (Å²) >= 11 is 2.05. The highest BCUT2D eigenvalue weighted by molar-refractivity contribution is 14.1. The van der Waals surface area contributed by atoms with Gasteiger partial charge < -0.3 is 10.6 Å². The summed E-state index contributed by atoms with van der Waals surface area (Å²) < 4.78 is 13.7. The zero-order valence-corrected chi connectivity index (χ0v) is 13.6. The Morgan fingerprint density at radius 1 is 1.37 bits per heavy atom. The summed E-state index contributed by atoms with van der Waals surface area (Å²) in [6.45, 7) is 6.72. The summed E-state index contributed by atoms with van der Waals surface area (Å²) in [5.41, 5.74) is 0.772. The largest absolute Gasteiger partial charge is 0.373 e. The third-order valence-electron chi connectivity index (χ3n) is 2.72. The SMILES string of the molecule is CC(C)CCNC(=O)C(C)Nc1ccc(F)cc1I. The Morgan fingerprint density at radius 2 is 2.05 bits per heavy atom. The fourth-order valence-corrected chi connectivity index (χ4v) is 2.18. The summed E-state index contributed by atoms with van der Waals surface area (Å²) in [5.74, 6) is 0.256. The van der Waals surface area contributed by atoms with Gasteiger partial charge in [-0.15, -0.1) is 0 Å². The summed E-state index contributed by atoms with van der Waals surface area (Å²) in [4.78, 5) is 11.9. The third-order valence-corrected chi connectivity index (χ3v) is 3.61. The molecule has 0 aliphatic rings. The molecule has 2 N–H and O–H groups in total. The van der Waals surface area contributed by atoms with Crippen molar-refractivity contribution in [2.75, 3.05) is 11.9 Å². The quantitative estimate of drug-likeness (QED) is 0.746. The van der Waals surface area contributed by atoms with Gasteiger partial charge in [0.15, 0.2) is 0 Å². The van der Waals surface area contributed by atoms with Crippen LogP contribution in [0, 0.1) is 15.3 Å². The van der Waals surface area contributed by atoms with Crippen LogP contribution in [0.25, 0.3) is 0 Å². The number of halogens is 2. The van der Waals surface area contributed by atoms with E-state index in [0.717, 1.165) is 15.7 Å². The van der Waals surface area contributed by atoms with Crippen LogP contribution in [-0.2, 0) is 4.79 Å². The van der Waals surface area contributed by atoms with Crippen LogP contribution >= 0.6 is 22.6 Å². The minimum atomic E-state index is -0.342. The maximum Gasteiger partial charge on any atom is 0.242 e. The van der Waals surface area contributed by atoms with Crippen molar-refractivity contribution in [1.82, 2.24) is 5.32 Å². The number of benzene rings is 1. The van der Waals surface area contributed by atoms with E-state index >= 15 is 0 Å². The van der Waals surface area contributed by atoms with Gasteiger partial charge in [0.25, 0.3) is 0 Å². The van der Waals surface area contributed by atoms with Crippen LogP contribution < -0.4 is 10.6 Å². The van der Waals surface area contributed by atoms with Crippen LogP contribution in [0.15, 0.2) is 18.2 Å². The van der Waals surface area contributed by atoms with Crippen LogP contribution in [-0.4, -0.2) is 18.5 Å². The van der Waals surface area contributed by atoms with E-state index in [-0.39, 0.29) is 17.8 Å². The second-order valence-electron chi connectivity index (χ2n) is 4.96. The van der Waals surface area contributed by atoms with E-state index in [2.05, 4.69) is 24.5 Å². The Kier molecular flexibility index (Phi) is 6.54. The van der Waals surface area contributed by atoms with Crippen molar-refractivity contribution in [3.63, 3.8) is 0 Å². The average Bonchev–Trinajstić information content (AvgIpc) is 2.32. The molecule has 0 fully saturated rings. The first-order valence-electron chi connectivity index (χ1n) is 6.39. The summed E-state index contributed by atoms with van der Waals surface area (Å²) in [6, 6.07) is 4.13. The lowest BCUT2D eigenvalue weighted by Gasteiger charge is -2.16. The van der Waals surface area contributed by atoms with E-state index in [9.17, 15) is 9.18 Å². The second kappa shape index (κ2) is 7.67. The van der Waals surface area contributed by atoms with Gasteiger partial charge in [-0.2, -0.15) is 0 Å². The van der Waals surface area contributed by atoms with Gasteiger partial charge in [-0.05, 0) is 60.1 Å². The Balaban J connectivity index is 2.49. The van der Waals surface area contributed by atoms with E-state index in [1.165, 1.54) is 12.1 Å². The van der Waals surface area contributed by atoms with Crippen molar-refractivity contribution in [3.05, 3.63) is 27.6 Å². The standard InChI is InChI=1S/C14H20FIN2O/c1-9(2)6-7-17-14(19)10(3)18-13-5-4-11(15)8-12(13)16/h4-5,8-10,18H,6-7H2,1-3H3,(H,17,19). The minimum absolute atomic E-state index is 0.0409. The lowest BCUT2D eigenvalue weighted by molar-refractivity contribution is -0.121. The van der Waals surface area contributed by atoms with Gasteiger partial charge in [-0.3, -0.25) is 4.79 Å². The van der Waals surface area contributed by atoms with Crippen molar-refractivity contribution in [2.45, 2.75) is 33.2 Å². The van der Waals surface area contributed by atoms with Crippen molar-refractivity contribution < 1.29 is 9.18 Å². The molecule has 1 unspecified atom stereocenters.